The minimum atomic E-state index is -0.304. The number of aromatic nitrogens is 2. The van der Waals surface area contributed by atoms with Crippen LogP contribution in [0.5, 0.6) is 0 Å². The third-order valence-electron chi connectivity index (χ3n) is 6.11. The van der Waals surface area contributed by atoms with Crippen LogP contribution < -0.4 is 5.32 Å². The van der Waals surface area contributed by atoms with Crippen molar-refractivity contribution in [2.45, 2.75) is 51.6 Å². The number of hydrogen-bond donors (Lipinski definition) is 1. The first kappa shape index (κ1) is 19.6. The minimum Gasteiger partial charge on any atom is -0.347 e. The molecule has 2 aromatic rings. The van der Waals surface area contributed by atoms with Gasteiger partial charge >= 0.3 is 0 Å². The Morgan fingerprint density at radius 3 is 2.66 bits per heavy atom. The van der Waals surface area contributed by atoms with Crippen LogP contribution in [-0.2, 0) is 31.4 Å². The first-order chi connectivity index (χ1) is 14.0. The van der Waals surface area contributed by atoms with Crippen LogP contribution >= 0.6 is 0 Å². The molecule has 4 rings (SSSR count). The number of carbonyl (C=O) groups is 2. The molecule has 1 aliphatic heterocycles. The number of nitrogens with zero attached hydrogens (tertiary/aromatic N) is 3. The van der Waals surface area contributed by atoms with Crippen molar-refractivity contribution in [1.29, 1.82) is 0 Å². The monoisotopic (exact) mass is 398 g/mol. The maximum Gasteiger partial charge on any atom is 0.272 e. The average molecular weight is 398 g/mol. The molecule has 29 heavy (non-hydrogen) atoms. The van der Waals surface area contributed by atoms with Crippen molar-refractivity contribution in [3.63, 3.8) is 0 Å². The molecule has 1 N–H and O–H groups in total. The molecule has 1 aromatic carbocycles. The Morgan fingerprint density at radius 2 is 1.93 bits per heavy atom. The molecule has 0 radical (unpaired) electrons. The van der Waals surface area contributed by atoms with Crippen molar-refractivity contribution in [2.24, 2.45) is 13.0 Å². The van der Waals surface area contributed by atoms with E-state index < -0.39 is 0 Å². The molecule has 6 nitrogen and oxygen atoms in total. The molecule has 1 saturated carbocycles. The van der Waals surface area contributed by atoms with Gasteiger partial charge in [-0.3, -0.25) is 14.3 Å². The molecular weight excluding hydrogens is 371 g/mol. The molecule has 7 heteroatoms. The summed E-state index contributed by atoms with van der Waals surface area (Å²) < 4.78 is 14.8. The van der Waals surface area contributed by atoms with E-state index in [0.717, 1.165) is 29.7 Å². The van der Waals surface area contributed by atoms with E-state index in [1.165, 1.54) is 25.0 Å². The molecule has 0 unspecified atom stereocenters. The fourth-order valence-electron chi connectivity index (χ4n) is 4.45. The quantitative estimate of drug-likeness (QED) is 0.842. The summed E-state index contributed by atoms with van der Waals surface area (Å²) in [6.45, 7) is 1.41. The van der Waals surface area contributed by atoms with Gasteiger partial charge in [0.2, 0.25) is 5.91 Å². The van der Waals surface area contributed by atoms with Gasteiger partial charge in [-0.2, -0.15) is 5.10 Å². The van der Waals surface area contributed by atoms with Gasteiger partial charge in [0, 0.05) is 50.8 Å². The Kier molecular flexibility index (Phi) is 5.65. The first-order valence-corrected chi connectivity index (χ1v) is 10.4. The molecule has 1 aromatic heterocycles. The fourth-order valence-corrected chi connectivity index (χ4v) is 4.45. The molecular formula is C22H27FN4O2. The van der Waals surface area contributed by atoms with Gasteiger partial charge in [0.1, 0.15) is 5.82 Å². The Labute approximate surface area is 170 Å². The predicted octanol–water partition coefficient (Wildman–Crippen LogP) is 2.95. The Morgan fingerprint density at radius 1 is 1.21 bits per heavy atom. The minimum absolute atomic E-state index is 0.184. The Hall–Kier alpha value is -2.70. The molecule has 2 aliphatic rings. The summed E-state index contributed by atoms with van der Waals surface area (Å²) >= 11 is 0. The molecule has 1 fully saturated rings. The lowest BCUT2D eigenvalue weighted by molar-refractivity contribution is -0.133. The molecule has 0 saturated heterocycles. The van der Waals surface area contributed by atoms with E-state index in [-0.39, 0.29) is 17.6 Å². The van der Waals surface area contributed by atoms with Crippen LogP contribution in [0.3, 0.4) is 0 Å². The van der Waals surface area contributed by atoms with Crippen LogP contribution in [0.15, 0.2) is 24.3 Å². The zero-order valence-electron chi connectivity index (χ0n) is 16.8. The summed E-state index contributed by atoms with van der Waals surface area (Å²) in [5.74, 6) is 0.123. The Bertz CT molecular complexity index is 900. The second-order valence-electron chi connectivity index (χ2n) is 8.13. The second kappa shape index (κ2) is 8.35. The summed E-state index contributed by atoms with van der Waals surface area (Å²) in [5, 5.41) is 7.28. The van der Waals surface area contributed by atoms with E-state index in [9.17, 15) is 14.0 Å². The van der Waals surface area contributed by atoms with Crippen LogP contribution in [0.4, 0.5) is 4.39 Å². The predicted molar refractivity (Wildman–Crippen MR) is 106 cm³/mol. The number of amides is 2. The second-order valence-corrected chi connectivity index (χ2v) is 8.13. The van der Waals surface area contributed by atoms with Crippen molar-refractivity contribution in [2.75, 3.05) is 6.54 Å². The molecule has 2 amide bonds. The van der Waals surface area contributed by atoms with E-state index in [4.69, 9.17) is 0 Å². The maximum absolute atomic E-state index is 13.0. The molecule has 154 valence electrons. The van der Waals surface area contributed by atoms with Crippen molar-refractivity contribution in [1.82, 2.24) is 20.0 Å². The van der Waals surface area contributed by atoms with Crippen molar-refractivity contribution >= 4 is 11.8 Å². The number of aryl methyl sites for hydroxylation is 1. The third-order valence-corrected chi connectivity index (χ3v) is 6.11. The lowest BCUT2D eigenvalue weighted by atomic mass is 10.0. The summed E-state index contributed by atoms with van der Waals surface area (Å²) in [6, 6.07) is 6.04. The van der Waals surface area contributed by atoms with Crippen molar-refractivity contribution < 1.29 is 14.0 Å². The fraction of sp³-hybridized carbons (Fsp3) is 0.500. The molecule has 0 spiro atoms. The topological polar surface area (TPSA) is 67.2 Å². The van der Waals surface area contributed by atoms with Gasteiger partial charge in [0.25, 0.3) is 5.91 Å². The van der Waals surface area contributed by atoms with Gasteiger partial charge in [0.15, 0.2) is 5.69 Å². The number of carbonyl (C=O) groups excluding carboxylic acids is 2. The smallest absolute Gasteiger partial charge is 0.272 e. The number of hydrogen-bond acceptors (Lipinski definition) is 3. The SMILES string of the molecule is Cn1nc(C(=O)NCc2ccc(F)cc2)c2c1CCN(C(=O)CC1CCCC1)C2. The average Bonchev–Trinajstić information content (AvgIpc) is 3.35. The van der Waals surface area contributed by atoms with Crippen molar-refractivity contribution in [3.8, 4) is 0 Å². The van der Waals surface area contributed by atoms with Crippen molar-refractivity contribution in [3.05, 3.63) is 52.6 Å². The highest BCUT2D eigenvalue weighted by Crippen LogP contribution is 2.29. The van der Waals surface area contributed by atoms with E-state index >= 15 is 0 Å². The van der Waals surface area contributed by atoms with Gasteiger partial charge in [-0.25, -0.2) is 4.39 Å². The molecule has 1 aliphatic carbocycles. The van der Waals surface area contributed by atoms with Gasteiger partial charge in [0.05, 0.1) is 0 Å². The Balaban J connectivity index is 1.43. The highest BCUT2D eigenvalue weighted by molar-refractivity contribution is 5.94. The van der Waals surface area contributed by atoms with E-state index in [0.29, 0.717) is 44.1 Å². The third kappa shape index (κ3) is 4.33. The molecule has 0 bridgehead atoms. The lowest BCUT2D eigenvalue weighted by Crippen LogP contribution is -2.37. The summed E-state index contributed by atoms with van der Waals surface area (Å²) in [6.07, 6.45) is 6.07. The van der Waals surface area contributed by atoms with Crippen LogP contribution in [-0.4, -0.2) is 33.0 Å². The zero-order valence-corrected chi connectivity index (χ0v) is 16.8. The number of rotatable bonds is 5. The van der Waals surface area contributed by atoms with E-state index in [2.05, 4.69) is 10.4 Å². The zero-order chi connectivity index (χ0) is 20.4. The number of fused-ring (bicyclic) bond motifs is 1. The number of halogens is 1. The van der Waals surface area contributed by atoms with Crippen LogP contribution in [0.2, 0.25) is 0 Å². The number of benzene rings is 1. The standard InChI is InChI=1S/C22H27FN4O2/c1-26-19-10-11-27(20(28)12-15-4-2-3-5-15)14-18(19)21(25-26)22(29)24-13-16-6-8-17(23)9-7-16/h6-9,15H,2-5,10-14H2,1H3,(H,24,29). The molecule has 2 heterocycles. The summed E-state index contributed by atoms with van der Waals surface area (Å²) in [7, 11) is 1.84. The number of nitrogens with one attached hydrogen (secondary N) is 1. The summed E-state index contributed by atoms with van der Waals surface area (Å²) in [4.78, 5) is 27.4. The summed E-state index contributed by atoms with van der Waals surface area (Å²) in [5.41, 5.74) is 3.05. The van der Waals surface area contributed by atoms with E-state index in [1.807, 2.05) is 11.9 Å². The maximum atomic E-state index is 13.0. The largest absolute Gasteiger partial charge is 0.347 e. The van der Waals surface area contributed by atoms with Gasteiger partial charge in [-0.1, -0.05) is 25.0 Å². The normalized spacial score (nSPS) is 16.7. The van der Waals surface area contributed by atoms with Crippen LogP contribution in [0.1, 0.15) is 59.4 Å². The van der Waals surface area contributed by atoms with Crippen LogP contribution in [0, 0.1) is 11.7 Å². The van der Waals surface area contributed by atoms with Gasteiger partial charge < -0.3 is 10.2 Å². The van der Waals surface area contributed by atoms with Gasteiger partial charge in [-0.15, -0.1) is 0 Å². The lowest BCUT2D eigenvalue weighted by Gasteiger charge is -2.28. The first-order valence-electron chi connectivity index (χ1n) is 10.4. The van der Waals surface area contributed by atoms with E-state index in [1.54, 1.807) is 16.8 Å². The highest BCUT2D eigenvalue weighted by atomic mass is 19.1. The van der Waals surface area contributed by atoms with Crippen LogP contribution in [0.25, 0.3) is 0 Å². The van der Waals surface area contributed by atoms with Gasteiger partial charge in [-0.05, 0) is 36.5 Å². The highest BCUT2D eigenvalue weighted by Gasteiger charge is 2.30. The molecule has 0 atom stereocenters.